The van der Waals surface area contributed by atoms with E-state index in [-0.39, 0.29) is 5.78 Å². The summed E-state index contributed by atoms with van der Waals surface area (Å²) in [6.45, 7) is 0. The predicted octanol–water partition coefficient (Wildman–Crippen LogP) is 2.40. The summed E-state index contributed by atoms with van der Waals surface area (Å²) < 4.78 is 6.99. The molecule has 4 nitrogen and oxygen atoms in total. The Kier molecular flexibility index (Phi) is 2.63. The molecular weight excluding hydrogens is 228 g/mol. The van der Waals surface area contributed by atoms with Gasteiger partial charge in [0, 0.05) is 6.42 Å². The Balaban J connectivity index is 2.04. The summed E-state index contributed by atoms with van der Waals surface area (Å²) in [6, 6.07) is 7.69. The minimum Gasteiger partial charge on any atom is -0.497 e. The molecule has 0 amide bonds. The zero-order chi connectivity index (χ0) is 12.5. The number of rotatable bonds is 2. The van der Waals surface area contributed by atoms with Crippen molar-refractivity contribution in [2.24, 2.45) is 0 Å². The molecule has 0 radical (unpaired) electrons. The third-order valence-corrected chi connectivity index (χ3v) is 3.30. The summed E-state index contributed by atoms with van der Waals surface area (Å²) in [7, 11) is 1.64. The molecule has 0 bridgehead atoms. The highest BCUT2D eigenvalue weighted by molar-refractivity contribution is 5.98. The van der Waals surface area contributed by atoms with Gasteiger partial charge in [0.05, 0.1) is 30.3 Å². The van der Waals surface area contributed by atoms with E-state index in [2.05, 4.69) is 5.10 Å². The highest BCUT2D eigenvalue weighted by Gasteiger charge is 2.22. The van der Waals surface area contributed by atoms with Gasteiger partial charge in [-0.2, -0.15) is 5.10 Å². The minimum atomic E-state index is 0.205. The lowest BCUT2D eigenvalue weighted by molar-refractivity contribution is 0.0972. The Morgan fingerprint density at radius 1 is 1.22 bits per heavy atom. The Bertz CT molecular complexity index is 584. The number of hydrogen-bond acceptors (Lipinski definition) is 3. The molecule has 0 saturated carbocycles. The van der Waals surface area contributed by atoms with Crippen LogP contribution in [0.25, 0.3) is 5.69 Å². The smallest absolute Gasteiger partial charge is 0.166 e. The number of nitrogens with zero attached hydrogens (tertiary/aromatic N) is 2. The van der Waals surface area contributed by atoms with Crippen molar-refractivity contribution >= 4 is 5.78 Å². The molecule has 92 valence electrons. The fourth-order valence-corrected chi connectivity index (χ4v) is 2.34. The van der Waals surface area contributed by atoms with Gasteiger partial charge in [0.1, 0.15) is 5.75 Å². The molecule has 1 aliphatic carbocycles. The first-order valence-electron chi connectivity index (χ1n) is 6.04. The molecule has 4 heteroatoms. The molecular formula is C14H14N2O2. The molecule has 18 heavy (non-hydrogen) atoms. The number of hydrogen-bond donors (Lipinski definition) is 0. The Labute approximate surface area is 105 Å². The lowest BCUT2D eigenvalue weighted by Gasteiger charge is -2.13. The molecule has 1 aromatic heterocycles. The molecule has 0 aliphatic heterocycles. The average Bonchev–Trinajstić information content (AvgIpc) is 2.84. The molecule has 1 heterocycles. The number of carbonyl (C=O) groups excluding carboxylic acids is 1. The number of ether oxygens (including phenoxy) is 1. The van der Waals surface area contributed by atoms with Crippen LogP contribution < -0.4 is 4.74 Å². The number of Topliss-reactive ketones (excluding diaryl/α,β-unsaturated/α-hetero) is 1. The summed E-state index contributed by atoms with van der Waals surface area (Å²) in [5.74, 6) is 1.02. The topological polar surface area (TPSA) is 44.1 Å². The van der Waals surface area contributed by atoms with E-state index in [9.17, 15) is 4.79 Å². The van der Waals surface area contributed by atoms with Crippen LogP contribution in [0.5, 0.6) is 5.75 Å². The number of fused-ring (bicyclic) bond motifs is 1. The molecule has 0 spiro atoms. The number of carbonyl (C=O) groups is 1. The number of methoxy groups -OCH3 is 1. The van der Waals surface area contributed by atoms with E-state index < -0.39 is 0 Å². The van der Waals surface area contributed by atoms with Gasteiger partial charge in [-0.3, -0.25) is 4.79 Å². The van der Waals surface area contributed by atoms with E-state index in [0.29, 0.717) is 6.42 Å². The van der Waals surface area contributed by atoms with Crippen LogP contribution >= 0.6 is 0 Å². The van der Waals surface area contributed by atoms with Gasteiger partial charge >= 0.3 is 0 Å². The van der Waals surface area contributed by atoms with Crippen molar-refractivity contribution in [2.75, 3.05) is 7.11 Å². The van der Waals surface area contributed by atoms with Crippen LogP contribution in [-0.2, 0) is 6.42 Å². The first-order chi connectivity index (χ1) is 8.79. The van der Waals surface area contributed by atoms with Crippen molar-refractivity contribution in [1.29, 1.82) is 0 Å². The quantitative estimate of drug-likeness (QED) is 0.812. The van der Waals surface area contributed by atoms with Crippen LogP contribution in [0.1, 0.15) is 28.9 Å². The van der Waals surface area contributed by atoms with Crippen LogP contribution in [0, 0.1) is 0 Å². The normalized spacial score (nSPS) is 14.4. The SMILES string of the molecule is COc1ccc(-n2ncc3c2CCCC3=O)cc1. The maximum atomic E-state index is 11.8. The second kappa shape index (κ2) is 4.29. The van der Waals surface area contributed by atoms with Gasteiger partial charge in [0.15, 0.2) is 5.78 Å². The Morgan fingerprint density at radius 2 is 2.00 bits per heavy atom. The molecule has 1 aromatic carbocycles. The maximum absolute atomic E-state index is 11.8. The summed E-state index contributed by atoms with van der Waals surface area (Å²) >= 11 is 0. The van der Waals surface area contributed by atoms with Crippen LogP contribution in [0.15, 0.2) is 30.5 Å². The molecule has 3 rings (SSSR count). The van der Waals surface area contributed by atoms with Gasteiger partial charge in [-0.25, -0.2) is 4.68 Å². The van der Waals surface area contributed by atoms with Gasteiger partial charge < -0.3 is 4.74 Å². The second-order valence-corrected chi connectivity index (χ2v) is 4.39. The molecule has 2 aromatic rings. The molecule has 0 fully saturated rings. The fourth-order valence-electron chi connectivity index (χ4n) is 2.34. The average molecular weight is 242 g/mol. The number of ketones is 1. The van der Waals surface area contributed by atoms with Gasteiger partial charge in [0.2, 0.25) is 0 Å². The van der Waals surface area contributed by atoms with Crippen LogP contribution in [0.3, 0.4) is 0 Å². The van der Waals surface area contributed by atoms with E-state index in [0.717, 1.165) is 35.5 Å². The fraction of sp³-hybridized carbons (Fsp3) is 0.286. The van der Waals surface area contributed by atoms with Crippen molar-refractivity contribution in [3.8, 4) is 11.4 Å². The van der Waals surface area contributed by atoms with Crippen molar-refractivity contribution in [3.63, 3.8) is 0 Å². The van der Waals surface area contributed by atoms with E-state index in [4.69, 9.17) is 4.74 Å². The van der Waals surface area contributed by atoms with E-state index >= 15 is 0 Å². The van der Waals surface area contributed by atoms with Crippen LogP contribution in [-0.4, -0.2) is 22.7 Å². The minimum absolute atomic E-state index is 0.205. The van der Waals surface area contributed by atoms with Crippen molar-refractivity contribution < 1.29 is 9.53 Å². The Hall–Kier alpha value is -2.10. The largest absolute Gasteiger partial charge is 0.497 e. The van der Waals surface area contributed by atoms with Gasteiger partial charge in [0.25, 0.3) is 0 Å². The van der Waals surface area contributed by atoms with Crippen LogP contribution in [0.2, 0.25) is 0 Å². The van der Waals surface area contributed by atoms with E-state index in [1.165, 1.54) is 0 Å². The summed E-state index contributed by atoms with van der Waals surface area (Å²) in [6.07, 6.45) is 4.14. The summed E-state index contributed by atoms with van der Waals surface area (Å²) in [5.41, 5.74) is 2.76. The monoisotopic (exact) mass is 242 g/mol. The maximum Gasteiger partial charge on any atom is 0.166 e. The third-order valence-electron chi connectivity index (χ3n) is 3.30. The zero-order valence-corrected chi connectivity index (χ0v) is 10.2. The van der Waals surface area contributed by atoms with Crippen molar-refractivity contribution in [1.82, 2.24) is 9.78 Å². The van der Waals surface area contributed by atoms with Gasteiger partial charge in [-0.05, 0) is 37.1 Å². The highest BCUT2D eigenvalue weighted by atomic mass is 16.5. The number of aromatic nitrogens is 2. The summed E-state index contributed by atoms with van der Waals surface area (Å²) in [4.78, 5) is 11.8. The highest BCUT2D eigenvalue weighted by Crippen LogP contribution is 2.24. The van der Waals surface area contributed by atoms with Crippen LogP contribution in [0.4, 0.5) is 0 Å². The molecule has 0 atom stereocenters. The standard InChI is InChI=1S/C14H14N2O2/c1-18-11-7-5-10(6-8-11)16-13-3-2-4-14(17)12(13)9-15-16/h5-9H,2-4H2,1H3. The van der Waals surface area contributed by atoms with Gasteiger partial charge in [-0.15, -0.1) is 0 Å². The first-order valence-corrected chi connectivity index (χ1v) is 6.04. The molecule has 0 N–H and O–H groups in total. The Morgan fingerprint density at radius 3 is 2.72 bits per heavy atom. The van der Waals surface area contributed by atoms with E-state index in [1.807, 2.05) is 28.9 Å². The van der Waals surface area contributed by atoms with Crippen molar-refractivity contribution in [3.05, 3.63) is 41.7 Å². The second-order valence-electron chi connectivity index (χ2n) is 4.39. The lowest BCUT2D eigenvalue weighted by atomic mass is 9.97. The van der Waals surface area contributed by atoms with E-state index in [1.54, 1.807) is 13.3 Å². The molecule has 1 aliphatic rings. The summed E-state index contributed by atoms with van der Waals surface area (Å²) in [5, 5.41) is 4.33. The molecule has 0 saturated heterocycles. The first kappa shape index (κ1) is 11.0. The predicted molar refractivity (Wildman–Crippen MR) is 67.4 cm³/mol. The number of benzene rings is 1. The zero-order valence-electron chi connectivity index (χ0n) is 10.2. The third kappa shape index (κ3) is 1.70. The van der Waals surface area contributed by atoms with Crippen molar-refractivity contribution in [2.45, 2.75) is 19.3 Å². The van der Waals surface area contributed by atoms with Gasteiger partial charge in [-0.1, -0.05) is 0 Å². The molecule has 0 unspecified atom stereocenters. The lowest BCUT2D eigenvalue weighted by Crippen LogP contribution is -2.12.